The summed E-state index contributed by atoms with van der Waals surface area (Å²) in [7, 11) is 0. The van der Waals surface area contributed by atoms with Crippen LogP contribution in [0.5, 0.6) is 0 Å². The molecule has 2 aliphatic rings. The molecule has 4 heteroatoms. The molecule has 0 spiro atoms. The van der Waals surface area contributed by atoms with Crippen LogP contribution in [0.2, 0.25) is 0 Å². The minimum Gasteiger partial charge on any atom is -0.346 e. The van der Waals surface area contributed by atoms with Gasteiger partial charge in [-0.3, -0.25) is 4.99 Å². The van der Waals surface area contributed by atoms with Crippen molar-refractivity contribution in [1.82, 2.24) is 9.88 Å². The molecule has 2 aromatic heterocycles. The third kappa shape index (κ3) is 6.89. The number of hydrogen-bond donors (Lipinski definition) is 1. The fourth-order valence-electron chi connectivity index (χ4n) is 6.23. The van der Waals surface area contributed by atoms with Gasteiger partial charge in [-0.15, -0.1) is 17.9 Å². The van der Waals surface area contributed by atoms with E-state index >= 15 is 0 Å². The maximum absolute atomic E-state index is 4.82. The van der Waals surface area contributed by atoms with Gasteiger partial charge in [0.1, 0.15) is 4.83 Å². The summed E-state index contributed by atoms with van der Waals surface area (Å²) in [5, 5.41) is 1.38. The van der Waals surface area contributed by atoms with Crippen LogP contribution in [-0.2, 0) is 11.8 Å². The second kappa shape index (κ2) is 12.2. The van der Waals surface area contributed by atoms with Crippen LogP contribution < -0.4 is 0 Å². The minimum atomic E-state index is -0.191. The van der Waals surface area contributed by atoms with Gasteiger partial charge in [-0.1, -0.05) is 42.2 Å². The lowest BCUT2D eigenvalue weighted by molar-refractivity contribution is 0.325. The lowest BCUT2D eigenvalue weighted by Crippen LogP contribution is -2.23. The van der Waals surface area contributed by atoms with Gasteiger partial charge in [0.15, 0.2) is 0 Å². The Labute approximate surface area is 246 Å². The first kappa shape index (κ1) is 29.1. The lowest BCUT2D eigenvalue weighted by Gasteiger charge is -2.23. The van der Waals surface area contributed by atoms with Gasteiger partial charge in [-0.05, 0) is 121 Å². The average Bonchev–Trinajstić information content (AvgIpc) is 3.29. The highest BCUT2D eigenvalue weighted by molar-refractivity contribution is 7.18. The van der Waals surface area contributed by atoms with Gasteiger partial charge >= 0.3 is 0 Å². The quantitative estimate of drug-likeness (QED) is 0.165. The summed E-state index contributed by atoms with van der Waals surface area (Å²) < 4.78 is 0. The Morgan fingerprint density at radius 3 is 2.52 bits per heavy atom. The number of fused-ring (bicyclic) bond motifs is 1. The van der Waals surface area contributed by atoms with Gasteiger partial charge in [-0.2, -0.15) is 0 Å². The molecular formula is C36H49N3S. The number of likely N-dealkylation sites (tertiary alicyclic amines) is 1. The number of benzene rings is 1. The van der Waals surface area contributed by atoms with Gasteiger partial charge < -0.3 is 9.88 Å². The summed E-state index contributed by atoms with van der Waals surface area (Å²) >= 11 is 1.88. The third-order valence-corrected chi connectivity index (χ3v) is 10.5. The Balaban J connectivity index is 1.38. The second-order valence-corrected chi connectivity index (χ2v) is 14.4. The van der Waals surface area contributed by atoms with Crippen LogP contribution >= 0.6 is 11.3 Å². The van der Waals surface area contributed by atoms with Crippen LogP contribution in [0.4, 0.5) is 0 Å². The highest BCUT2D eigenvalue weighted by atomic mass is 32.1. The van der Waals surface area contributed by atoms with E-state index in [-0.39, 0.29) is 5.41 Å². The Hall–Kier alpha value is -2.43. The number of nitrogens with one attached hydrogen (secondary N) is 1. The van der Waals surface area contributed by atoms with Crippen LogP contribution in [0.15, 0.2) is 53.7 Å². The first-order chi connectivity index (χ1) is 19.1. The van der Waals surface area contributed by atoms with Crippen molar-refractivity contribution in [3.05, 3.63) is 70.3 Å². The highest BCUT2D eigenvalue weighted by Gasteiger charge is 2.29. The molecule has 3 aromatic rings. The van der Waals surface area contributed by atoms with Crippen molar-refractivity contribution in [1.29, 1.82) is 0 Å². The molecule has 1 saturated carbocycles. The van der Waals surface area contributed by atoms with Crippen molar-refractivity contribution in [2.75, 3.05) is 19.6 Å². The topological polar surface area (TPSA) is 31.4 Å². The zero-order valence-electron chi connectivity index (χ0n) is 25.5. The number of hydrogen-bond acceptors (Lipinski definition) is 3. The van der Waals surface area contributed by atoms with Crippen LogP contribution in [0.1, 0.15) is 87.3 Å². The van der Waals surface area contributed by atoms with E-state index in [0.29, 0.717) is 0 Å². The number of H-pyrrole nitrogens is 1. The molecule has 1 aliphatic heterocycles. The van der Waals surface area contributed by atoms with Crippen LogP contribution in [0.3, 0.4) is 0 Å². The molecule has 1 aromatic carbocycles. The summed E-state index contributed by atoms with van der Waals surface area (Å²) in [6, 6.07) is 9.36. The van der Waals surface area contributed by atoms with E-state index in [1.807, 2.05) is 11.3 Å². The van der Waals surface area contributed by atoms with Crippen molar-refractivity contribution in [3.63, 3.8) is 0 Å². The molecule has 1 aliphatic carbocycles. The largest absolute Gasteiger partial charge is 0.346 e. The standard InChI is InChI=1S/C36H49N3S/c1-24(2)10-11-29-14-17-39(23-29)18-15-31-32-22-33(36(6,7)27(5)37-16-8-9-28-12-13-28)40-35(32)38-34(31)30-20-25(3)19-26(4)21-30/h16,19-22,28-29,38H,1,5,8-15,17-18,23H2,2-4,6-7H3. The first-order valence-corrected chi connectivity index (χ1v) is 16.2. The summed E-state index contributed by atoms with van der Waals surface area (Å²) in [6.45, 7) is 23.2. The second-order valence-electron chi connectivity index (χ2n) is 13.3. The molecule has 2 fully saturated rings. The monoisotopic (exact) mass is 555 g/mol. The maximum Gasteiger partial charge on any atom is 0.101 e. The van der Waals surface area contributed by atoms with Crippen molar-refractivity contribution in [3.8, 4) is 11.3 Å². The molecule has 0 amide bonds. The van der Waals surface area contributed by atoms with Gasteiger partial charge in [0, 0.05) is 40.7 Å². The summed E-state index contributed by atoms with van der Waals surface area (Å²) in [4.78, 5) is 14.0. The molecule has 214 valence electrons. The molecule has 0 radical (unpaired) electrons. The van der Waals surface area contributed by atoms with E-state index in [2.05, 4.69) is 88.1 Å². The van der Waals surface area contributed by atoms with E-state index in [1.54, 1.807) is 0 Å². The van der Waals surface area contributed by atoms with E-state index < -0.39 is 0 Å². The van der Waals surface area contributed by atoms with Gasteiger partial charge in [-0.25, -0.2) is 0 Å². The fourth-order valence-corrected chi connectivity index (χ4v) is 7.45. The van der Waals surface area contributed by atoms with Crippen LogP contribution in [-0.4, -0.2) is 35.7 Å². The van der Waals surface area contributed by atoms with Crippen molar-refractivity contribution >= 4 is 27.8 Å². The van der Waals surface area contributed by atoms with E-state index in [9.17, 15) is 0 Å². The minimum absolute atomic E-state index is 0.191. The van der Waals surface area contributed by atoms with E-state index in [1.165, 1.54) is 93.8 Å². The number of aromatic amines is 1. The molecule has 1 unspecified atom stereocenters. The Kier molecular flexibility index (Phi) is 8.87. The highest BCUT2D eigenvalue weighted by Crippen LogP contribution is 2.43. The Morgan fingerprint density at radius 2 is 1.82 bits per heavy atom. The van der Waals surface area contributed by atoms with Crippen molar-refractivity contribution in [2.45, 2.75) is 91.4 Å². The van der Waals surface area contributed by atoms with E-state index in [0.717, 1.165) is 43.3 Å². The number of allylic oxidation sites excluding steroid dienone is 2. The smallest absolute Gasteiger partial charge is 0.101 e. The van der Waals surface area contributed by atoms with Crippen molar-refractivity contribution in [2.24, 2.45) is 16.8 Å². The number of thiophene rings is 1. The first-order valence-electron chi connectivity index (χ1n) is 15.4. The zero-order valence-corrected chi connectivity index (χ0v) is 26.4. The number of aromatic nitrogens is 1. The summed E-state index contributed by atoms with van der Waals surface area (Å²) in [5.74, 6) is 1.75. The molecule has 3 heterocycles. The number of aryl methyl sites for hydroxylation is 2. The van der Waals surface area contributed by atoms with Crippen molar-refractivity contribution < 1.29 is 0 Å². The maximum atomic E-state index is 4.82. The van der Waals surface area contributed by atoms with Gasteiger partial charge in [0.05, 0.1) is 5.69 Å². The molecule has 1 N–H and O–H groups in total. The third-order valence-electron chi connectivity index (χ3n) is 9.12. The molecule has 1 atom stereocenters. The molecule has 40 heavy (non-hydrogen) atoms. The molecular weight excluding hydrogens is 506 g/mol. The number of nitrogens with zero attached hydrogens (tertiary/aromatic N) is 2. The van der Waals surface area contributed by atoms with Crippen LogP contribution in [0, 0.1) is 25.7 Å². The molecule has 1 saturated heterocycles. The molecule has 5 rings (SSSR count). The zero-order chi connectivity index (χ0) is 28.4. The predicted octanol–water partition coefficient (Wildman–Crippen LogP) is 9.79. The Bertz CT molecular complexity index is 1380. The van der Waals surface area contributed by atoms with Gasteiger partial charge in [0.2, 0.25) is 0 Å². The normalized spacial score (nSPS) is 18.4. The van der Waals surface area contributed by atoms with Gasteiger partial charge in [0.25, 0.3) is 0 Å². The van der Waals surface area contributed by atoms with E-state index in [4.69, 9.17) is 4.99 Å². The SMILES string of the molecule is C=C(C)CCC1CCN(CCc2c(-c3cc(C)cc(C)c3)[nH]c3sc(C(C)(C)C(=C)N=CCCC4CC4)cc23)C1. The number of aliphatic imine (C=N–C) groups is 1. The summed E-state index contributed by atoms with van der Waals surface area (Å²) in [5.41, 5.74) is 8.78. The fraction of sp³-hybridized carbons (Fsp3) is 0.528. The number of rotatable bonds is 13. The lowest BCUT2D eigenvalue weighted by atomic mass is 9.87. The Morgan fingerprint density at radius 1 is 1.07 bits per heavy atom. The summed E-state index contributed by atoms with van der Waals surface area (Å²) in [6.07, 6.45) is 12.1. The molecule has 0 bridgehead atoms. The predicted molar refractivity (Wildman–Crippen MR) is 176 cm³/mol. The molecule has 3 nitrogen and oxygen atoms in total. The average molecular weight is 556 g/mol. The van der Waals surface area contributed by atoms with Crippen LogP contribution in [0.25, 0.3) is 21.5 Å².